The molecule has 0 fully saturated rings. The number of nitrogens with zero attached hydrogens (tertiary/aromatic N) is 4. The fraction of sp³-hybridized carbons (Fsp3) is 0.235. The minimum Gasteiger partial charge on any atom is -0.365 e. The maximum absolute atomic E-state index is 4.73. The molecule has 1 N–H and O–H groups in total. The Morgan fingerprint density at radius 2 is 1.95 bits per heavy atom. The summed E-state index contributed by atoms with van der Waals surface area (Å²) in [5, 5.41) is 8.03. The monoisotopic (exact) mass is 293 g/mol. The summed E-state index contributed by atoms with van der Waals surface area (Å²) in [6.07, 6.45) is 7.14. The SMILES string of the molecule is CC(C)c1nn(-c2ccccc2)cc1CNc1cnccn1. The van der Waals surface area contributed by atoms with Crippen molar-refractivity contribution in [3.8, 4) is 5.69 Å². The lowest BCUT2D eigenvalue weighted by Crippen LogP contribution is -2.04. The zero-order valence-electron chi connectivity index (χ0n) is 12.8. The summed E-state index contributed by atoms with van der Waals surface area (Å²) >= 11 is 0. The van der Waals surface area contributed by atoms with Crippen LogP contribution in [-0.2, 0) is 6.54 Å². The van der Waals surface area contributed by atoms with Gasteiger partial charge >= 0.3 is 0 Å². The van der Waals surface area contributed by atoms with Crippen molar-refractivity contribution < 1.29 is 0 Å². The van der Waals surface area contributed by atoms with E-state index in [0.29, 0.717) is 12.5 Å². The zero-order chi connectivity index (χ0) is 15.4. The topological polar surface area (TPSA) is 55.6 Å². The molecule has 2 aromatic heterocycles. The minimum absolute atomic E-state index is 0.364. The summed E-state index contributed by atoms with van der Waals surface area (Å²) < 4.78 is 1.93. The Labute approximate surface area is 130 Å². The Balaban J connectivity index is 1.85. The van der Waals surface area contributed by atoms with E-state index in [2.05, 4.69) is 47.5 Å². The second-order valence-corrected chi connectivity index (χ2v) is 5.42. The normalized spacial score (nSPS) is 10.9. The van der Waals surface area contributed by atoms with Crippen molar-refractivity contribution in [1.82, 2.24) is 19.7 Å². The molecular weight excluding hydrogens is 274 g/mol. The average Bonchev–Trinajstić information content (AvgIpc) is 2.99. The predicted molar refractivity (Wildman–Crippen MR) is 87.0 cm³/mol. The van der Waals surface area contributed by atoms with Crippen LogP contribution in [0, 0.1) is 0 Å². The molecule has 0 saturated carbocycles. The van der Waals surface area contributed by atoms with Gasteiger partial charge in [0.15, 0.2) is 0 Å². The highest BCUT2D eigenvalue weighted by Gasteiger charge is 2.13. The van der Waals surface area contributed by atoms with Crippen LogP contribution in [0.4, 0.5) is 5.82 Å². The minimum atomic E-state index is 0.364. The van der Waals surface area contributed by atoms with E-state index in [9.17, 15) is 0 Å². The number of rotatable bonds is 5. The van der Waals surface area contributed by atoms with Gasteiger partial charge in [-0.15, -0.1) is 0 Å². The molecule has 0 aliphatic heterocycles. The van der Waals surface area contributed by atoms with Crippen molar-refractivity contribution in [1.29, 1.82) is 0 Å². The summed E-state index contributed by atoms with van der Waals surface area (Å²) in [7, 11) is 0. The number of hydrogen-bond acceptors (Lipinski definition) is 4. The highest BCUT2D eigenvalue weighted by molar-refractivity contribution is 5.36. The summed E-state index contributed by atoms with van der Waals surface area (Å²) in [5.74, 6) is 1.13. The standard InChI is InChI=1S/C17H19N5/c1-13(2)17-14(10-20-16-11-18-8-9-19-16)12-22(21-17)15-6-4-3-5-7-15/h3-9,11-13H,10H2,1-2H3,(H,19,20). The number of benzene rings is 1. The van der Waals surface area contributed by atoms with Crippen molar-refractivity contribution in [2.45, 2.75) is 26.3 Å². The molecule has 0 unspecified atom stereocenters. The van der Waals surface area contributed by atoms with E-state index in [-0.39, 0.29) is 0 Å². The molecule has 0 aliphatic rings. The van der Waals surface area contributed by atoms with E-state index in [1.54, 1.807) is 18.6 Å². The van der Waals surface area contributed by atoms with Crippen LogP contribution in [-0.4, -0.2) is 19.7 Å². The van der Waals surface area contributed by atoms with Gasteiger partial charge in [0, 0.05) is 30.7 Å². The van der Waals surface area contributed by atoms with E-state index in [4.69, 9.17) is 5.10 Å². The van der Waals surface area contributed by atoms with Gasteiger partial charge in [-0.05, 0) is 18.1 Å². The molecule has 3 aromatic rings. The molecule has 0 aliphatic carbocycles. The lowest BCUT2D eigenvalue weighted by Gasteiger charge is -2.06. The van der Waals surface area contributed by atoms with Gasteiger partial charge in [0.05, 0.1) is 17.6 Å². The number of para-hydroxylation sites is 1. The van der Waals surface area contributed by atoms with Gasteiger partial charge in [0.25, 0.3) is 0 Å². The summed E-state index contributed by atoms with van der Waals surface area (Å²) in [6.45, 7) is 4.99. The molecule has 5 nitrogen and oxygen atoms in total. The maximum atomic E-state index is 4.73. The second kappa shape index (κ2) is 6.39. The van der Waals surface area contributed by atoms with Crippen LogP contribution in [0.5, 0.6) is 0 Å². The third-order valence-corrected chi connectivity index (χ3v) is 3.41. The third-order valence-electron chi connectivity index (χ3n) is 3.41. The van der Waals surface area contributed by atoms with Crippen LogP contribution in [0.2, 0.25) is 0 Å². The van der Waals surface area contributed by atoms with Crippen molar-refractivity contribution in [2.24, 2.45) is 0 Å². The first-order valence-electron chi connectivity index (χ1n) is 7.38. The van der Waals surface area contributed by atoms with Gasteiger partial charge in [-0.1, -0.05) is 32.0 Å². The summed E-state index contributed by atoms with van der Waals surface area (Å²) in [6, 6.07) is 10.1. The van der Waals surface area contributed by atoms with E-state index in [1.165, 1.54) is 5.56 Å². The Morgan fingerprint density at radius 1 is 1.14 bits per heavy atom. The lowest BCUT2D eigenvalue weighted by atomic mass is 10.1. The summed E-state index contributed by atoms with van der Waals surface area (Å²) in [5.41, 5.74) is 3.33. The van der Waals surface area contributed by atoms with E-state index in [0.717, 1.165) is 17.2 Å². The maximum Gasteiger partial charge on any atom is 0.144 e. The molecule has 0 spiro atoms. The first-order chi connectivity index (χ1) is 10.7. The third kappa shape index (κ3) is 3.14. The predicted octanol–water partition coefficient (Wildman–Crippen LogP) is 3.40. The smallest absolute Gasteiger partial charge is 0.144 e. The van der Waals surface area contributed by atoms with Crippen LogP contribution in [0.1, 0.15) is 31.0 Å². The van der Waals surface area contributed by atoms with Crippen molar-refractivity contribution in [3.63, 3.8) is 0 Å². The second-order valence-electron chi connectivity index (χ2n) is 5.42. The molecule has 0 bridgehead atoms. The van der Waals surface area contributed by atoms with Gasteiger partial charge in [-0.25, -0.2) is 9.67 Å². The van der Waals surface area contributed by atoms with Crippen LogP contribution >= 0.6 is 0 Å². The number of nitrogens with one attached hydrogen (secondary N) is 1. The first-order valence-corrected chi connectivity index (χ1v) is 7.38. The van der Waals surface area contributed by atoms with E-state index in [1.807, 2.05) is 22.9 Å². The van der Waals surface area contributed by atoms with Crippen LogP contribution in [0.25, 0.3) is 5.69 Å². The van der Waals surface area contributed by atoms with Crippen molar-refractivity contribution >= 4 is 5.82 Å². The number of anilines is 1. The molecule has 0 radical (unpaired) electrons. The molecule has 0 atom stereocenters. The Kier molecular flexibility index (Phi) is 4.14. The molecule has 2 heterocycles. The lowest BCUT2D eigenvalue weighted by molar-refractivity contribution is 0.763. The highest BCUT2D eigenvalue weighted by atomic mass is 15.3. The number of aromatic nitrogens is 4. The van der Waals surface area contributed by atoms with Gasteiger partial charge in [-0.3, -0.25) is 4.98 Å². The fourth-order valence-electron chi connectivity index (χ4n) is 2.33. The fourth-order valence-corrected chi connectivity index (χ4v) is 2.33. The Morgan fingerprint density at radius 3 is 2.64 bits per heavy atom. The Hall–Kier alpha value is -2.69. The first kappa shape index (κ1) is 14.3. The molecule has 0 amide bonds. The molecule has 0 saturated heterocycles. The van der Waals surface area contributed by atoms with Crippen molar-refractivity contribution in [3.05, 3.63) is 66.4 Å². The molecule has 1 aromatic carbocycles. The molecule has 3 rings (SSSR count). The van der Waals surface area contributed by atoms with Gasteiger partial charge < -0.3 is 5.32 Å². The van der Waals surface area contributed by atoms with E-state index >= 15 is 0 Å². The van der Waals surface area contributed by atoms with Crippen LogP contribution in [0.3, 0.4) is 0 Å². The van der Waals surface area contributed by atoms with Crippen molar-refractivity contribution in [2.75, 3.05) is 5.32 Å². The van der Waals surface area contributed by atoms with Gasteiger partial charge in [-0.2, -0.15) is 5.10 Å². The van der Waals surface area contributed by atoms with E-state index < -0.39 is 0 Å². The molecule has 112 valence electrons. The zero-order valence-corrected chi connectivity index (χ0v) is 12.8. The van der Waals surface area contributed by atoms with Crippen LogP contribution in [0.15, 0.2) is 55.1 Å². The molecular formula is C17H19N5. The average molecular weight is 293 g/mol. The molecule has 22 heavy (non-hydrogen) atoms. The largest absolute Gasteiger partial charge is 0.365 e. The Bertz CT molecular complexity index is 719. The molecule has 5 heteroatoms. The van der Waals surface area contributed by atoms with Gasteiger partial charge in [0.1, 0.15) is 5.82 Å². The summed E-state index contributed by atoms with van der Waals surface area (Å²) in [4.78, 5) is 8.29. The quantitative estimate of drug-likeness (QED) is 0.783. The highest BCUT2D eigenvalue weighted by Crippen LogP contribution is 2.20. The van der Waals surface area contributed by atoms with Gasteiger partial charge in [0.2, 0.25) is 0 Å². The van der Waals surface area contributed by atoms with Crippen LogP contribution < -0.4 is 5.32 Å². The number of hydrogen-bond donors (Lipinski definition) is 1.